The Balaban J connectivity index is 2.57. The summed E-state index contributed by atoms with van der Waals surface area (Å²) in [5.74, 6) is 0. The standard InChI is InChI=1S/C6H13NO4S/c1-5(12(8,9)10)6-4-11-3-2-7-6/h5-7H,2-4H2,1H3,(H,8,9,10). The van der Waals surface area contributed by atoms with E-state index in [1.807, 2.05) is 0 Å². The van der Waals surface area contributed by atoms with Crippen molar-refractivity contribution in [2.24, 2.45) is 0 Å². The van der Waals surface area contributed by atoms with Crippen LogP contribution in [0.2, 0.25) is 0 Å². The van der Waals surface area contributed by atoms with E-state index in [0.717, 1.165) is 0 Å². The highest BCUT2D eigenvalue weighted by Crippen LogP contribution is 2.06. The molecule has 1 aliphatic rings. The Morgan fingerprint density at radius 1 is 1.67 bits per heavy atom. The van der Waals surface area contributed by atoms with E-state index < -0.39 is 15.4 Å². The van der Waals surface area contributed by atoms with Gasteiger partial charge in [0.05, 0.1) is 13.2 Å². The molecule has 0 spiro atoms. The van der Waals surface area contributed by atoms with Gasteiger partial charge in [-0.1, -0.05) is 0 Å². The normalized spacial score (nSPS) is 28.3. The van der Waals surface area contributed by atoms with E-state index >= 15 is 0 Å². The molecule has 1 fully saturated rings. The van der Waals surface area contributed by atoms with Gasteiger partial charge in [-0.15, -0.1) is 0 Å². The molecule has 1 heterocycles. The fourth-order valence-corrected chi connectivity index (χ4v) is 1.68. The summed E-state index contributed by atoms with van der Waals surface area (Å²) < 4.78 is 35.2. The number of hydrogen-bond donors (Lipinski definition) is 2. The fourth-order valence-electron chi connectivity index (χ4n) is 1.09. The molecule has 6 heteroatoms. The summed E-state index contributed by atoms with van der Waals surface area (Å²) in [6.45, 7) is 3.02. The molecule has 0 aliphatic carbocycles. The van der Waals surface area contributed by atoms with Crippen molar-refractivity contribution in [1.82, 2.24) is 5.32 Å². The Kier molecular flexibility index (Phi) is 3.05. The third kappa shape index (κ3) is 2.41. The summed E-state index contributed by atoms with van der Waals surface area (Å²) in [6, 6.07) is -0.297. The molecular weight excluding hydrogens is 182 g/mol. The molecule has 0 amide bonds. The minimum atomic E-state index is -3.94. The van der Waals surface area contributed by atoms with Gasteiger partial charge in [0.15, 0.2) is 0 Å². The van der Waals surface area contributed by atoms with E-state index in [-0.39, 0.29) is 6.04 Å². The van der Waals surface area contributed by atoms with Crippen LogP contribution < -0.4 is 5.32 Å². The van der Waals surface area contributed by atoms with Crippen LogP contribution in [0.3, 0.4) is 0 Å². The first kappa shape index (κ1) is 9.91. The van der Waals surface area contributed by atoms with Crippen molar-refractivity contribution in [3.05, 3.63) is 0 Å². The summed E-state index contributed by atoms with van der Waals surface area (Å²) in [4.78, 5) is 0. The number of hydrogen-bond acceptors (Lipinski definition) is 4. The predicted molar refractivity (Wildman–Crippen MR) is 43.6 cm³/mol. The molecule has 0 saturated carbocycles. The van der Waals surface area contributed by atoms with Crippen molar-refractivity contribution in [1.29, 1.82) is 0 Å². The summed E-state index contributed by atoms with van der Waals surface area (Å²) in [7, 11) is -3.94. The Hall–Kier alpha value is -0.170. The van der Waals surface area contributed by atoms with Gasteiger partial charge >= 0.3 is 0 Å². The number of nitrogens with one attached hydrogen (secondary N) is 1. The van der Waals surface area contributed by atoms with Crippen molar-refractivity contribution in [3.8, 4) is 0 Å². The van der Waals surface area contributed by atoms with Gasteiger partial charge < -0.3 is 10.1 Å². The smallest absolute Gasteiger partial charge is 0.269 e. The second-order valence-electron chi connectivity index (χ2n) is 2.86. The molecule has 2 atom stereocenters. The molecule has 2 N–H and O–H groups in total. The van der Waals surface area contributed by atoms with Crippen LogP contribution in [0.4, 0.5) is 0 Å². The Morgan fingerprint density at radius 2 is 2.33 bits per heavy atom. The van der Waals surface area contributed by atoms with Crippen LogP contribution in [0.5, 0.6) is 0 Å². The third-order valence-corrected chi connectivity index (χ3v) is 3.25. The maximum absolute atomic E-state index is 10.7. The average Bonchev–Trinajstić information content (AvgIpc) is 2.03. The summed E-state index contributed by atoms with van der Waals surface area (Å²) in [5, 5.41) is 2.15. The van der Waals surface area contributed by atoms with Gasteiger partial charge in [0, 0.05) is 12.6 Å². The van der Waals surface area contributed by atoms with Crippen molar-refractivity contribution >= 4 is 10.1 Å². The number of morpholine rings is 1. The lowest BCUT2D eigenvalue weighted by Gasteiger charge is -2.26. The lowest BCUT2D eigenvalue weighted by Crippen LogP contribution is -2.50. The zero-order chi connectivity index (χ0) is 9.19. The van der Waals surface area contributed by atoms with Crippen LogP contribution in [0.1, 0.15) is 6.92 Å². The van der Waals surface area contributed by atoms with Gasteiger partial charge in [-0.2, -0.15) is 8.42 Å². The van der Waals surface area contributed by atoms with Gasteiger partial charge in [-0.25, -0.2) is 0 Å². The van der Waals surface area contributed by atoms with Gasteiger partial charge in [0.2, 0.25) is 0 Å². The second-order valence-corrected chi connectivity index (χ2v) is 4.63. The third-order valence-electron chi connectivity index (χ3n) is 1.99. The molecule has 0 aromatic heterocycles. The van der Waals surface area contributed by atoms with Crippen molar-refractivity contribution in [3.63, 3.8) is 0 Å². The quantitative estimate of drug-likeness (QED) is 0.567. The molecule has 1 aliphatic heterocycles. The summed E-state index contributed by atoms with van der Waals surface area (Å²) in [5.41, 5.74) is 0. The molecule has 72 valence electrons. The molecule has 2 unspecified atom stereocenters. The van der Waals surface area contributed by atoms with Crippen LogP contribution in [0.25, 0.3) is 0 Å². The minimum absolute atomic E-state index is 0.297. The van der Waals surface area contributed by atoms with Gasteiger partial charge in [-0.3, -0.25) is 4.55 Å². The maximum atomic E-state index is 10.7. The zero-order valence-corrected chi connectivity index (χ0v) is 7.67. The van der Waals surface area contributed by atoms with Gasteiger partial charge in [-0.05, 0) is 6.92 Å². The van der Waals surface area contributed by atoms with Crippen LogP contribution in [0, 0.1) is 0 Å². The first-order chi connectivity index (χ1) is 5.52. The number of rotatable bonds is 2. The van der Waals surface area contributed by atoms with E-state index in [9.17, 15) is 8.42 Å². The van der Waals surface area contributed by atoms with Crippen LogP contribution in [0.15, 0.2) is 0 Å². The first-order valence-corrected chi connectivity index (χ1v) is 5.29. The minimum Gasteiger partial charge on any atom is -0.378 e. The van der Waals surface area contributed by atoms with E-state index in [1.165, 1.54) is 6.92 Å². The molecule has 12 heavy (non-hydrogen) atoms. The van der Waals surface area contributed by atoms with Gasteiger partial charge in [0.25, 0.3) is 10.1 Å². The first-order valence-electron chi connectivity index (χ1n) is 3.79. The monoisotopic (exact) mass is 195 g/mol. The molecule has 0 aromatic rings. The summed E-state index contributed by atoms with van der Waals surface area (Å²) in [6.07, 6.45) is 0. The molecule has 0 aromatic carbocycles. The lowest BCUT2D eigenvalue weighted by molar-refractivity contribution is 0.0759. The van der Waals surface area contributed by atoms with Crippen LogP contribution in [-0.4, -0.2) is 44.0 Å². The highest BCUT2D eigenvalue weighted by molar-refractivity contribution is 7.86. The van der Waals surface area contributed by atoms with E-state index in [2.05, 4.69) is 5.32 Å². The summed E-state index contributed by atoms with van der Waals surface area (Å²) >= 11 is 0. The maximum Gasteiger partial charge on any atom is 0.269 e. The Bertz CT molecular complexity index is 232. The van der Waals surface area contributed by atoms with E-state index in [0.29, 0.717) is 19.8 Å². The van der Waals surface area contributed by atoms with Gasteiger partial charge in [0.1, 0.15) is 5.25 Å². The highest BCUT2D eigenvalue weighted by atomic mass is 32.2. The van der Waals surface area contributed by atoms with Crippen molar-refractivity contribution in [2.45, 2.75) is 18.2 Å². The highest BCUT2D eigenvalue weighted by Gasteiger charge is 2.28. The van der Waals surface area contributed by atoms with E-state index in [1.54, 1.807) is 0 Å². The zero-order valence-electron chi connectivity index (χ0n) is 6.86. The second kappa shape index (κ2) is 3.69. The molecule has 0 radical (unpaired) electrons. The van der Waals surface area contributed by atoms with Crippen molar-refractivity contribution < 1.29 is 17.7 Å². The molecule has 1 saturated heterocycles. The molecule has 1 rings (SSSR count). The van der Waals surface area contributed by atoms with Crippen LogP contribution in [-0.2, 0) is 14.9 Å². The van der Waals surface area contributed by atoms with Crippen molar-refractivity contribution in [2.75, 3.05) is 19.8 Å². The van der Waals surface area contributed by atoms with Crippen LogP contribution >= 0.6 is 0 Å². The number of ether oxygens (including phenoxy) is 1. The molecular formula is C6H13NO4S. The SMILES string of the molecule is CC(C1COCCN1)S(=O)(=O)O. The largest absolute Gasteiger partial charge is 0.378 e. The predicted octanol–water partition coefficient (Wildman–Crippen LogP) is -0.749. The van der Waals surface area contributed by atoms with E-state index in [4.69, 9.17) is 9.29 Å². The lowest BCUT2D eigenvalue weighted by atomic mass is 10.2. The molecule has 5 nitrogen and oxygen atoms in total. The molecule has 0 bridgehead atoms. The Labute approximate surface area is 71.9 Å². The average molecular weight is 195 g/mol. The Morgan fingerprint density at radius 3 is 2.75 bits per heavy atom. The topological polar surface area (TPSA) is 75.6 Å². The fraction of sp³-hybridized carbons (Fsp3) is 1.00.